The Balaban J connectivity index is 1.30. The number of carbonyl (C=O) groups is 3. The van der Waals surface area contributed by atoms with Gasteiger partial charge >= 0.3 is 6.09 Å². The number of halogens is 2. The van der Waals surface area contributed by atoms with Gasteiger partial charge in [-0.1, -0.05) is 11.3 Å². The summed E-state index contributed by atoms with van der Waals surface area (Å²) in [6.45, 7) is 0.929. The Hall–Kier alpha value is -3.25. The lowest BCUT2D eigenvalue weighted by molar-refractivity contribution is -0.125. The van der Waals surface area contributed by atoms with E-state index in [4.69, 9.17) is 14.2 Å². The van der Waals surface area contributed by atoms with E-state index in [1.165, 1.54) is 4.90 Å². The molecule has 0 unspecified atom stereocenters. The molecule has 0 saturated carbocycles. The van der Waals surface area contributed by atoms with Gasteiger partial charge in [0.05, 0.1) is 23.7 Å². The summed E-state index contributed by atoms with van der Waals surface area (Å²) in [6.07, 6.45) is -1.31. The lowest BCUT2D eigenvalue weighted by Gasteiger charge is -2.33. The van der Waals surface area contributed by atoms with Crippen molar-refractivity contribution in [3.8, 4) is 5.75 Å². The summed E-state index contributed by atoms with van der Waals surface area (Å²) in [5.41, 5.74) is 1.13. The molecule has 2 fully saturated rings. The third-order valence-corrected chi connectivity index (χ3v) is 6.35. The van der Waals surface area contributed by atoms with Crippen LogP contribution in [0.15, 0.2) is 24.3 Å². The molecule has 168 valence electrons. The number of fused-ring (bicyclic) bond motifs is 3. The van der Waals surface area contributed by atoms with Crippen LogP contribution >= 0.6 is 11.3 Å². The molecule has 9 nitrogen and oxygen atoms in total. The molecule has 0 aliphatic carbocycles. The van der Waals surface area contributed by atoms with E-state index >= 15 is 0 Å². The van der Waals surface area contributed by atoms with Gasteiger partial charge in [-0.15, -0.1) is 0 Å². The van der Waals surface area contributed by atoms with Gasteiger partial charge in [-0.25, -0.2) is 9.18 Å². The van der Waals surface area contributed by atoms with E-state index in [9.17, 15) is 23.2 Å². The number of hydrogen-bond donors (Lipinski definition) is 1. The minimum Gasteiger partial charge on any atom is -0.489 e. The highest BCUT2D eigenvalue weighted by molar-refractivity contribution is 7.12. The Morgan fingerprint density at radius 2 is 2.09 bits per heavy atom. The van der Waals surface area contributed by atoms with E-state index in [-0.39, 0.29) is 30.5 Å². The van der Waals surface area contributed by atoms with Crippen LogP contribution in [0, 0.1) is 10.9 Å². The van der Waals surface area contributed by atoms with Gasteiger partial charge in [0.2, 0.25) is 5.13 Å². The molecule has 3 amide bonds. The zero-order chi connectivity index (χ0) is 22.4. The molecule has 2 aromatic rings. The number of anilines is 2. The second kappa shape index (κ2) is 8.02. The molecule has 3 aliphatic rings. The van der Waals surface area contributed by atoms with Crippen molar-refractivity contribution in [3.63, 3.8) is 0 Å². The zero-order valence-electron chi connectivity index (χ0n) is 16.5. The third kappa shape index (κ3) is 3.54. The fourth-order valence-corrected chi connectivity index (χ4v) is 4.57. The summed E-state index contributed by atoms with van der Waals surface area (Å²) >= 11 is 0.400. The zero-order valence-corrected chi connectivity index (χ0v) is 17.3. The summed E-state index contributed by atoms with van der Waals surface area (Å²) in [6, 6.07) is 5.41. The number of benzene rings is 1. The molecule has 0 radical (unpaired) electrons. The number of nitrogens with zero attached hydrogens (tertiary/aromatic N) is 2. The number of nitrogens with one attached hydrogen (secondary N) is 1. The van der Waals surface area contributed by atoms with Crippen molar-refractivity contribution in [2.75, 3.05) is 42.7 Å². The van der Waals surface area contributed by atoms with E-state index in [0.29, 0.717) is 41.6 Å². The fraction of sp³-hybridized carbons (Fsp3) is 0.350. The van der Waals surface area contributed by atoms with Crippen LogP contribution in [-0.4, -0.2) is 63.0 Å². The Labute approximate surface area is 184 Å². The van der Waals surface area contributed by atoms with Crippen LogP contribution in [0.5, 0.6) is 5.75 Å². The van der Waals surface area contributed by atoms with Gasteiger partial charge in [0.15, 0.2) is 5.82 Å². The average molecular weight is 465 g/mol. The second-order valence-corrected chi connectivity index (χ2v) is 8.37. The number of hydrogen-bond acceptors (Lipinski definition) is 7. The summed E-state index contributed by atoms with van der Waals surface area (Å²) in [7, 11) is 0. The smallest absolute Gasteiger partial charge is 0.415 e. The molecule has 0 spiro atoms. The highest BCUT2D eigenvalue weighted by Gasteiger charge is 2.46. The largest absolute Gasteiger partial charge is 0.489 e. The SMILES string of the molecule is O=C(NC[C@@H]1OC(=O)N2c3ccc(N4CCOCC4=O)cc3OC[C@@H]12)c1cc(F)c(F)s1. The van der Waals surface area contributed by atoms with Crippen LogP contribution < -0.4 is 19.9 Å². The van der Waals surface area contributed by atoms with Gasteiger partial charge in [0.25, 0.3) is 11.8 Å². The molecule has 0 bridgehead atoms. The number of thiophene rings is 1. The molecule has 2 atom stereocenters. The number of carbonyl (C=O) groups excluding carboxylic acids is 3. The summed E-state index contributed by atoms with van der Waals surface area (Å²) in [4.78, 5) is 39.7. The van der Waals surface area contributed by atoms with E-state index < -0.39 is 35.1 Å². The molecule has 4 heterocycles. The summed E-state index contributed by atoms with van der Waals surface area (Å²) in [5, 5.41) is 1.47. The monoisotopic (exact) mass is 465 g/mol. The first-order chi connectivity index (χ1) is 15.4. The Kier molecular flexibility index (Phi) is 5.18. The number of cyclic esters (lactones) is 1. The van der Waals surface area contributed by atoms with Gasteiger partial charge in [0.1, 0.15) is 31.1 Å². The Morgan fingerprint density at radius 3 is 2.84 bits per heavy atom. The third-order valence-electron chi connectivity index (χ3n) is 5.45. The van der Waals surface area contributed by atoms with E-state index in [1.54, 1.807) is 23.1 Å². The van der Waals surface area contributed by atoms with Crippen LogP contribution in [0.25, 0.3) is 0 Å². The normalized spacial score (nSPS) is 22.2. The van der Waals surface area contributed by atoms with E-state index in [1.807, 2.05) is 0 Å². The first-order valence-corrected chi connectivity index (χ1v) is 10.6. The minimum atomic E-state index is -1.09. The molecule has 12 heteroatoms. The van der Waals surface area contributed by atoms with Crippen LogP contribution in [-0.2, 0) is 14.3 Å². The van der Waals surface area contributed by atoms with Gasteiger partial charge < -0.3 is 24.4 Å². The maximum absolute atomic E-state index is 13.2. The van der Waals surface area contributed by atoms with Crippen LogP contribution in [0.3, 0.4) is 0 Å². The van der Waals surface area contributed by atoms with Crippen molar-refractivity contribution in [2.45, 2.75) is 12.1 Å². The highest BCUT2D eigenvalue weighted by Crippen LogP contribution is 2.41. The number of rotatable bonds is 4. The molecular formula is C20H17F2N3O6S. The first-order valence-electron chi connectivity index (χ1n) is 9.80. The Morgan fingerprint density at radius 1 is 1.25 bits per heavy atom. The van der Waals surface area contributed by atoms with Crippen molar-refractivity contribution in [1.29, 1.82) is 0 Å². The fourth-order valence-electron chi connectivity index (χ4n) is 3.89. The van der Waals surface area contributed by atoms with Crippen LogP contribution in [0.1, 0.15) is 9.67 Å². The topological polar surface area (TPSA) is 97.4 Å². The maximum atomic E-state index is 13.2. The van der Waals surface area contributed by atoms with Crippen molar-refractivity contribution in [2.24, 2.45) is 0 Å². The standard InChI is InChI=1S/C20H17F2N3O6S/c21-11-6-16(32-18(11)22)19(27)23-7-15-13-8-30-14-5-10(24-3-4-29-9-17(24)26)1-2-12(14)25(13)20(28)31-15/h1-2,5-6,13,15H,3-4,7-9H2,(H,23,27)/t13-,15-/m0/s1. The molecular weight excluding hydrogens is 448 g/mol. The molecule has 5 rings (SSSR count). The van der Waals surface area contributed by atoms with Crippen molar-refractivity contribution in [1.82, 2.24) is 5.32 Å². The number of ether oxygens (including phenoxy) is 3. The quantitative estimate of drug-likeness (QED) is 0.741. The van der Waals surface area contributed by atoms with E-state index in [0.717, 1.165) is 6.07 Å². The minimum absolute atomic E-state index is 0.0105. The summed E-state index contributed by atoms with van der Waals surface area (Å²) < 4.78 is 42.7. The van der Waals surface area contributed by atoms with Gasteiger partial charge in [0, 0.05) is 24.4 Å². The van der Waals surface area contributed by atoms with Gasteiger partial charge in [-0.2, -0.15) is 4.39 Å². The number of morpholine rings is 1. The second-order valence-electron chi connectivity index (χ2n) is 7.36. The van der Waals surface area contributed by atoms with E-state index in [2.05, 4.69) is 5.32 Å². The Bertz CT molecular complexity index is 1090. The molecule has 1 aromatic carbocycles. The average Bonchev–Trinajstić information content (AvgIpc) is 3.30. The predicted octanol–water partition coefficient (Wildman–Crippen LogP) is 1.91. The number of amides is 3. The molecule has 1 N–H and O–H groups in total. The van der Waals surface area contributed by atoms with Crippen molar-refractivity contribution >= 4 is 40.6 Å². The molecule has 2 saturated heterocycles. The first kappa shape index (κ1) is 20.6. The predicted molar refractivity (Wildman–Crippen MR) is 108 cm³/mol. The lowest BCUT2D eigenvalue weighted by Crippen LogP contribution is -2.48. The van der Waals surface area contributed by atoms with Crippen molar-refractivity contribution in [3.05, 3.63) is 40.1 Å². The van der Waals surface area contributed by atoms with Crippen LogP contribution in [0.2, 0.25) is 0 Å². The molecule has 1 aromatic heterocycles. The van der Waals surface area contributed by atoms with Gasteiger partial charge in [-0.3, -0.25) is 14.5 Å². The van der Waals surface area contributed by atoms with Crippen LogP contribution in [0.4, 0.5) is 25.0 Å². The highest BCUT2D eigenvalue weighted by atomic mass is 32.1. The van der Waals surface area contributed by atoms with Gasteiger partial charge in [-0.05, 0) is 12.1 Å². The maximum Gasteiger partial charge on any atom is 0.415 e. The summed E-state index contributed by atoms with van der Waals surface area (Å²) in [5.74, 6) is -1.48. The van der Waals surface area contributed by atoms with Crippen molar-refractivity contribution < 1.29 is 37.4 Å². The molecule has 32 heavy (non-hydrogen) atoms. The molecule has 3 aliphatic heterocycles. The lowest BCUT2D eigenvalue weighted by atomic mass is 10.1.